The number of hydrogen-bond donors (Lipinski definition) is 0. The first-order valence-corrected chi connectivity index (χ1v) is 7.88. The molecule has 0 spiro atoms. The summed E-state index contributed by atoms with van der Waals surface area (Å²) in [7, 11) is 0. The monoisotopic (exact) mass is 314 g/mol. The SMILES string of the molecule is CCCCCCOc1ccc(C#Cc2cnc(Cl)cn2)cc1. The van der Waals surface area contributed by atoms with Crippen LogP contribution in [0.2, 0.25) is 5.15 Å². The van der Waals surface area contributed by atoms with Crippen molar-refractivity contribution in [2.75, 3.05) is 6.61 Å². The lowest BCUT2D eigenvalue weighted by molar-refractivity contribution is 0.305. The van der Waals surface area contributed by atoms with Crippen LogP contribution >= 0.6 is 11.6 Å². The molecule has 4 heteroatoms. The Morgan fingerprint density at radius 3 is 2.50 bits per heavy atom. The van der Waals surface area contributed by atoms with E-state index in [1.54, 1.807) is 6.20 Å². The molecule has 1 aromatic carbocycles. The zero-order valence-corrected chi connectivity index (χ0v) is 13.4. The van der Waals surface area contributed by atoms with Crippen molar-refractivity contribution in [1.82, 2.24) is 9.97 Å². The maximum atomic E-state index is 5.70. The molecule has 2 rings (SSSR count). The molecule has 0 amide bonds. The lowest BCUT2D eigenvalue weighted by atomic mass is 10.2. The van der Waals surface area contributed by atoms with E-state index in [9.17, 15) is 0 Å². The molecule has 1 heterocycles. The fourth-order valence-electron chi connectivity index (χ4n) is 1.87. The molecule has 114 valence electrons. The Labute approximate surface area is 136 Å². The van der Waals surface area contributed by atoms with Gasteiger partial charge >= 0.3 is 0 Å². The third-order valence-electron chi connectivity index (χ3n) is 3.08. The van der Waals surface area contributed by atoms with Crippen LogP contribution in [0.15, 0.2) is 36.7 Å². The number of nitrogens with zero attached hydrogens (tertiary/aromatic N) is 2. The lowest BCUT2D eigenvalue weighted by Gasteiger charge is -2.05. The summed E-state index contributed by atoms with van der Waals surface area (Å²) >= 11 is 5.68. The molecular formula is C18H19ClN2O. The highest BCUT2D eigenvalue weighted by molar-refractivity contribution is 6.29. The molecule has 0 saturated heterocycles. The molecule has 0 aliphatic rings. The predicted octanol–water partition coefficient (Wildman–Crippen LogP) is 4.49. The summed E-state index contributed by atoms with van der Waals surface area (Å²) < 4.78 is 5.70. The summed E-state index contributed by atoms with van der Waals surface area (Å²) in [6.07, 6.45) is 7.88. The van der Waals surface area contributed by atoms with Crippen LogP contribution in [0.25, 0.3) is 0 Å². The van der Waals surface area contributed by atoms with E-state index in [1.165, 1.54) is 25.5 Å². The van der Waals surface area contributed by atoms with Gasteiger partial charge in [0, 0.05) is 5.56 Å². The molecule has 0 saturated carbocycles. The smallest absolute Gasteiger partial charge is 0.147 e. The van der Waals surface area contributed by atoms with Crippen LogP contribution in [0.4, 0.5) is 0 Å². The fraction of sp³-hybridized carbons (Fsp3) is 0.333. The van der Waals surface area contributed by atoms with Crippen LogP contribution in [0, 0.1) is 11.8 Å². The van der Waals surface area contributed by atoms with Gasteiger partial charge in [0.2, 0.25) is 0 Å². The minimum Gasteiger partial charge on any atom is -0.494 e. The van der Waals surface area contributed by atoms with Crippen molar-refractivity contribution in [2.45, 2.75) is 32.6 Å². The van der Waals surface area contributed by atoms with E-state index in [4.69, 9.17) is 16.3 Å². The Morgan fingerprint density at radius 2 is 1.82 bits per heavy atom. The minimum absolute atomic E-state index is 0.367. The van der Waals surface area contributed by atoms with Crippen LogP contribution in [-0.4, -0.2) is 16.6 Å². The zero-order valence-electron chi connectivity index (χ0n) is 12.7. The Balaban J connectivity index is 1.85. The molecule has 3 nitrogen and oxygen atoms in total. The second-order valence-corrected chi connectivity index (χ2v) is 5.30. The lowest BCUT2D eigenvalue weighted by Crippen LogP contribution is -1.96. The van der Waals surface area contributed by atoms with Gasteiger partial charge < -0.3 is 4.74 Å². The minimum atomic E-state index is 0.367. The van der Waals surface area contributed by atoms with Gasteiger partial charge in [0.15, 0.2) is 0 Å². The number of hydrogen-bond acceptors (Lipinski definition) is 3. The number of ether oxygens (including phenoxy) is 1. The molecule has 0 fully saturated rings. The van der Waals surface area contributed by atoms with E-state index in [-0.39, 0.29) is 0 Å². The Kier molecular flexibility index (Phi) is 6.73. The van der Waals surface area contributed by atoms with Gasteiger partial charge in [0.25, 0.3) is 0 Å². The van der Waals surface area contributed by atoms with Crippen molar-refractivity contribution in [3.05, 3.63) is 53.1 Å². The summed E-state index contributed by atoms with van der Waals surface area (Å²) in [6.45, 7) is 2.97. The summed E-state index contributed by atoms with van der Waals surface area (Å²) in [5, 5.41) is 0.367. The maximum Gasteiger partial charge on any atom is 0.147 e. The van der Waals surface area contributed by atoms with E-state index in [0.29, 0.717) is 10.8 Å². The van der Waals surface area contributed by atoms with Crippen molar-refractivity contribution in [2.24, 2.45) is 0 Å². The zero-order chi connectivity index (χ0) is 15.6. The first kappa shape index (κ1) is 16.3. The highest BCUT2D eigenvalue weighted by atomic mass is 35.5. The Bertz CT molecular complexity index is 627. The van der Waals surface area contributed by atoms with Gasteiger partial charge in [0.1, 0.15) is 16.6 Å². The standard InChI is InChI=1S/C18H19ClN2O/c1-2-3-4-5-12-22-17-10-7-15(8-11-17)6-9-16-13-21-18(19)14-20-16/h7-8,10-11,13-14H,2-5,12H2,1H3. The fourth-order valence-corrected chi connectivity index (χ4v) is 1.96. The number of aromatic nitrogens is 2. The molecule has 1 aromatic heterocycles. The topological polar surface area (TPSA) is 35.0 Å². The van der Waals surface area contributed by atoms with E-state index in [1.807, 2.05) is 24.3 Å². The summed E-state index contributed by atoms with van der Waals surface area (Å²) in [5.41, 5.74) is 1.51. The van der Waals surface area contributed by atoms with E-state index < -0.39 is 0 Å². The number of rotatable bonds is 6. The second-order valence-electron chi connectivity index (χ2n) is 4.91. The van der Waals surface area contributed by atoms with Crippen LogP contribution in [0.3, 0.4) is 0 Å². The largest absolute Gasteiger partial charge is 0.494 e. The summed E-state index contributed by atoms with van der Waals surface area (Å²) in [6, 6.07) is 7.77. The number of unbranched alkanes of at least 4 members (excludes halogenated alkanes) is 3. The number of benzene rings is 1. The maximum absolute atomic E-state index is 5.70. The van der Waals surface area contributed by atoms with Crippen molar-refractivity contribution < 1.29 is 4.74 Å². The van der Waals surface area contributed by atoms with E-state index in [0.717, 1.165) is 24.3 Å². The van der Waals surface area contributed by atoms with Crippen molar-refractivity contribution in [1.29, 1.82) is 0 Å². The highest BCUT2D eigenvalue weighted by Crippen LogP contribution is 2.12. The summed E-state index contributed by atoms with van der Waals surface area (Å²) in [4.78, 5) is 8.02. The van der Waals surface area contributed by atoms with Gasteiger partial charge in [0.05, 0.1) is 19.0 Å². The first-order valence-electron chi connectivity index (χ1n) is 7.50. The second kappa shape index (κ2) is 9.07. The average Bonchev–Trinajstić information content (AvgIpc) is 2.55. The molecule has 2 aromatic rings. The van der Waals surface area contributed by atoms with Crippen LogP contribution < -0.4 is 4.74 Å². The predicted molar refractivity (Wildman–Crippen MR) is 89.1 cm³/mol. The molecule has 0 unspecified atom stereocenters. The molecule has 0 aliphatic heterocycles. The van der Waals surface area contributed by atoms with Gasteiger partial charge in [-0.2, -0.15) is 0 Å². The third-order valence-corrected chi connectivity index (χ3v) is 3.27. The van der Waals surface area contributed by atoms with E-state index in [2.05, 4.69) is 28.7 Å². The Hall–Kier alpha value is -2.05. The molecule has 0 radical (unpaired) electrons. The van der Waals surface area contributed by atoms with Gasteiger partial charge in [-0.25, -0.2) is 9.97 Å². The number of halogens is 1. The van der Waals surface area contributed by atoms with Crippen molar-refractivity contribution >= 4 is 11.6 Å². The summed E-state index contributed by atoms with van der Waals surface area (Å²) in [5.74, 6) is 6.87. The molecule has 0 aliphatic carbocycles. The first-order chi connectivity index (χ1) is 10.8. The highest BCUT2D eigenvalue weighted by Gasteiger charge is 1.95. The molecular weight excluding hydrogens is 296 g/mol. The molecule has 0 N–H and O–H groups in total. The van der Waals surface area contributed by atoms with Gasteiger partial charge in [-0.1, -0.05) is 43.7 Å². The molecule has 0 atom stereocenters. The van der Waals surface area contributed by atoms with E-state index >= 15 is 0 Å². The third kappa shape index (κ3) is 5.75. The molecule has 0 bridgehead atoms. The quantitative estimate of drug-likeness (QED) is 0.582. The van der Waals surface area contributed by atoms with Gasteiger partial charge in [-0.15, -0.1) is 0 Å². The molecule has 22 heavy (non-hydrogen) atoms. The normalized spacial score (nSPS) is 9.91. The van der Waals surface area contributed by atoms with Crippen molar-refractivity contribution in [3.63, 3.8) is 0 Å². The average molecular weight is 315 g/mol. The van der Waals surface area contributed by atoms with Crippen molar-refractivity contribution in [3.8, 4) is 17.6 Å². The van der Waals surface area contributed by atoms with Crippen LogP contribution in [0.5, 0.6) is 5.75 Å². The van der Waals surface area contributed by atoms with Crippen LogP contribution in [0.1, 0.15) is 43.9 Å². The Morgan fingerprint density at radius 1 is 1.00 bits per heavy atom. The van der Waals surface area contributed by atoms with Gasteiger partial charge in [-0.05, 0) is 36.6 Å². The van der Waals surface area contributed by atoms with Gasteiger partial charge in [-0.3, -0.25) is 0 Å². The van der Waals surface area contributed by atoms with Crippen LogP contribution in [-0.2, 0) is 0 Å².